The van der Waals surface area contributed by atoms with Crippen LogP contribution in [0.25, 0.3) is 16.9 Å². The molecule has 47 heavy (non-hydrogen) atoms. The van der Waals surface area contributed by atoms with Gasteiger partial charge in [0.1, 0.15) is 16.9 Å². The maximum atomic E-state index is 14.4. The number of piperazine rings is 1. The van der Waals surface area contributed by atoms with E-state index in [4.69, 9.17) is 9.47 Å². The maximum absolute atomic E-state index is 14.4. The summed E-state index contributed by atoms with van der Waals surface area (Å²) in [5, 5.41) is 6.77. The minimum atomic E-state index is -4.74. The summed E-state index contributed by atoms with van der Waals surface area (Å²) >= 11 is 0. The standard InChI is InChI=1S/C34H39F3N6O4/c1-20-19-41(22(3)24-9-8-10-25(17-24)39-32(45)47-33(4,5)6)15-16-42(20)31(44)27-18-38-43-29(34(35,36)37)21(2)28(40-30(27)43)23-11-13-26(46-7)14-12-23/h8-14,17-18,20,22H,15-16,19H2,1-7H3,(H,39,45)/t20-,22+/m1/s1. The molecule has 1 aliphatic rings. The van der Waals surface area contributed by atoms with Gasteiger partial charge >= 0.3 is 12.3 Å². The van der Waals surface area contributed by atoms with E-state index in [1.54, 1.807) is 56.0 Å². The van der Waals surface area contributed by atoms with Gasteiger partial charge in [-0.3, -0.25) is 15.0 Å². The average Bonchev–Trinajstić information content (AvgIpc) is 3.41. The van der Waals surface area contributed by atoms with E-state index >= 15 is 0 Å². The summed E-state index contributed by atoms with van der Waals surface area (Å²) in [5.41, 5.74) is 0.276. The molecule has 1 aliphatic heterocycles. The SMILES string of the molecule is COc1ccc(-c2nc3c(C(=O)N4CCN([C@@H](C)c5cccc(NC(=O)OC(C)(C)C)c5)C[C@H]4C)cnn3c(C(F)(F)F)c2C)cc1. The predicted molar refractivity (Wildman–Crippen MR) is 171 cm³/mol. The van der Waals surface area contributed by atoms with Crippen LogP contribution in [0.1, 0.15) is 67.8 Å². The van der Waals surface area contributed by atoms with Crippen molar-refractivity contribution in [2.45, 2.75) is 65.4 Å². The number of aromatic nitrogens is 3. The van der Waals surface area contributed by atoms with E-state index in [0.29, 0.717) is 36.6 Å². The van der Waals surface area contributed by atoms with Gasteiger partial charge in [-0.05, 0) is 83.5 Å². The number of alkyl halides is 3. The lowest BCUT2D eigenvalue weighted by molar-refractivity contribution is -0.143. The van der Waals surface area contributed by atoms with Gasteiger partial charge in [-0.1, -0.05) is 12.1 Å². The van der Waals surface area contributed by atoms with Gasteiger partial charge in [0.2, 0.25) is 0 Å². The summed E-state index contributed by atoms with van der Waals surface area (Å²) in [5.74, 6) is 0.116. The fourth-order valence-electron chi connectivity index (χ4n) is 5.89. The highest BCUT2D eigenvalue weighted by molar-refractivity contribution is 6.00. The summed E-state index contributed by atoms with van der Waals surface area (Å²) in [4.78, 5) is 34.6. The lowest BCUT2D eigenvalue weighted by Crippen LogP contribution is -2.54. The number of anilines is 1. The molecule has 0 saturated carbocycles. The van der Waals surface area contributed by atoms with Crippen LogP contribution in [0.15, 0.2) is 54.7 Å². The van der Waals surface area contributed by atoms with Crippen LogP contribution in [-0.2, 0) is 10.9 Å². The van der Waals surface area contributed by atoms with E-state index in [-0.39, 0.29) is 34.6 Å². The van der Waals surface area contributed by atoms with Gasteiger partial charge < -0.3 is 14.4 Å². The third-order valence-electron chi connectivity index (χ3n) is 8.23. The number of carbonyl (C=O) groups excluding carboxylic acids is 2. The Kier molecular flexibility index (Phi) is 9.22. The van der Waals surface area contributed by atoms with Crippen molar-refractivity contribution >= 4 is 23.3 Å². The first-order valence-electron chi connectivity index (χ1n) is 15.3. The predicted octanol–water partition coefficient (Wildman–Crippen LogP) is 6.99. The first-order chi connectivity index (χ1) is 22.1. The van der Waals surface area contributed by atoms with Crippen molar-refractivity contribution in [1.29, 1.82) is 0 Å². The van der Waals surface area contributed by atoms with Crippen LogP contribution in [0.4, 0.5) is 23.7 Å². The number of hydrogen-bond donors (Lipinski definition) is 1. The topological polar surface area (TPSA) is 101 Å². The molecule has 0 bridgehead atoms. The quantitative estimate of drug-likeness (QED) is 0.240. The number of hydrogen-bond acceptors (Lipinski definition) is 7. The van der Waals surface area contributed by atoms with Gasteiger partial charge in [0, 0.05) is 48.5 Å². The third kappa shape index (κ3) is 7.19. The molecule has 0 aliphatic carbocycles. The van der Waals surface area contributed by atoms with Crippen LogP contribution in [0.3, 0.4) is 0 Å². The van der Waals surface area contributed by atoms with Crippen LogP contribution < -0.4 is 10.1 Å². The average molecular weight is 653 g/mol. The molecule has 0 radical (unpaired) electrons. The number of ether oxygens (including phenoxy) is 2. The second-order valence-electron chi connectivity index (χ2n) is 12.7. The zero-order valence-corrected chi connectivity index (χ0v) is 27.5. The smallest absolute Gasteiger partial charge is 0.433 e. The number of fused-ring (bicyclic) bond motifs is 1. The third-order valence-corrected chi connectivity index (χ3v) is 8.23. The minimum Gasteiger partial charge on any atom is -0.497 e. The monoisotopic (exact) mass is 652 g/mol. The fraction of sp³-hybridized carbons (Fsp3) is 0.412. The molecular weight excluding hydrogens is 613 g/mol. The van der Waals surface area contributed by atoms with Gasteiger partial charge in [-0.2, -0.15) is 18.3 Å². The number of carbonyl (C=O) groups is 2. The molecule has 13 heteroatoms. The fourth-order valence-corrected chi connectivity index (χ4v) is 5.89. The Labute approximate surface area is 271 Å². The van der Waals surface area contributed by atoms with Gasteiger partial charge in [0.05, 0.1) is 19.0 Å². The number of rotatable bonds is 6. The van der Waals surface area contributed by atoms with Gasteiger partial charge in [-0.15, -0.1) is 0 Å². The number of methoxy groups -OCH3 is 1. The summed E-state index contributed by atoms with van der Waals surface area (Å²) < 4.78 is 54.5. The molecule has 5 rings (SSSR count). The normalized spacial score (nSPS) is 16.6. The van der Waals surface area contributed by atoms with Gasteiger partial charge in [0.15, 0.2) is 11.3 Å². The molecule has 0 unspecified atom stereocenters. The van der Waals surface area contributed by atoms with Crippen LogP contribution in [0.5, 0.6) is 5.75 Å². The first kappa shape index (κ1) is 33.7. The highest BCUT2D eigenvalue weighted by Crippen LogP contribution is 2.37. The zero-order chi connectivity index (χ0) is 34.3. The molecule has 1 N–H and O–H groups in total. The lowest BCUT2D eigenvalue weighted by atomic mass is 10.0. The highest BCUT2D eigenvalue weighted by atomic mass is 19.4. The zero-order valence-electron chi connectivity index (χ0n) is 27.5. The number of nitrogens with one attached hydrogen (secondary N) is 1. The molecule has 2 aromatic carbocycles. The first-order valence-corrected chi connectivity index (χ1v) is 15.3. The number of halogens is 3. The van der Waals surface area contributed by atoms with Crippen LogP contribution in [0.2, 0.25) is 0 Å². The Balaban J connectivity index is 1.38. The molecule has 1 saturated heterocycles. The van der Waals surface area contributed by atoms with E-state index in [2.05, 4.69) is 20.3 Å². The lowest BCUT2D eigenvalue weighted by Gasteiger charge is -2.42. The largest absolute Gasteiger partial charge is 0.497 e. The molecule has 0 spiro atoms. The number of benzene rings is 2. The van der Waals surface area contributed by atoms with Gasteiger partial charge in [-0.25, -0.2) is 14.3 Å². The second-order valence-corrected chi connectivity index (χ2v) is 12.7. The second kappa shape index (κ2) is 12.9. The summed E-state index contributed by atoms with van der Waals surface area (Å²) in [7, 11) is 1.50. The molecule has 10 nitrogen and oxygen atoms in total. The molecule has 1 fully saturated rings. The van der Waals surface area contributed by atoms with Crippen molar-refractivity contribution in [3.8, 4) is 17.0 Å². The Morgan fingerprint density at radius 2 is 1.77 bits per heavy atom. The highest BCUT2D eigenvalue weighted by Gasteiger charge is 2.39. The van der Waals surface area contributed by atoms with Crippen LogP contribution in [0, 0.1) is 6.92 Å². The number of amides is 2. The van der Waals surface area contributed by atoms with Crippen molar-refractivity contribution in [2.24, 2.45) is 0 Å². The minimum absolute atomic E-state index is 0.000436. The molecular formula is C34H39F3N6O4. The summed E-state index contributed by atoms with van der Waals surface area (Å²) in [6.45, 7) is 12.1. The summed E-state index contributed by atoms with van der Waals surface area (Å²) in [6, 6.07) is 13.8. The Morgan fingerprint density at radius 1 is 1.06 bits per heavy atom. The molecule has 3 heterocycles. The van der Waals surface area contributed by atoms with Crippen molar-refractivity contribution in [3.05, 3.63) is 77.1 Å². The molecule has 2 aromatic heterocycles. The van der Waals surface area contributed by atoms with E-state index in [0.717, 1.165) is 10.1 Å². The number of nitrogens with zero attached hydrogens (tertiary/aromatic N) is 5. The van der Waals surface area contributed by atoms with E-state index in [1.165, 1.54) is 20.2 Å². The van der Waals surface area contributed by atoms with E-state index < -0.39 is 29.5 Å². The van der Waals surface area contributed by atoms with Crippen molar-refractivity contribution in [1.82, 2.24) is 24.4 Å². The molecule has 2 atom stereocenters. The van der Waals surface area contributed by atoms with Crippen molar-refractivity contribution in [3.63, 3.8) is 0 Å². The summed E-state index contributed by atoms with van der Waals surface area (Å²) in [6.07, 6.45) is -4.12. The van der Waals surface area contributed by atoms with E-state index in [9.17, 15) is 22.8 Å². The maximum Gasteiger partial charge on any atom is 0.433 e. The molecule has 250 valence electrons. The van der Waals surface area contributed by atoms with E-state index in [1.807, 2.05) is 32.0 Å². The van der Waals surface area contributed by atoms with Crippen molar-refractivity contribution < 1.29 is 32.2 Å². The van der Waals surface area contributed by atoms with Crippen molar-refractivity contribution in [2.75, 3.05) is 32.1 Å². The Morgan fingerprint density at radius 3 is 2.38 bits per heavy atom. The Bertz CT molecular complexity index is 1780. The Hall–Kier alpha value is -4.65. The van der Waals surface area contributed by atoms with Crippen LogP contribution in [-0.4, -0.2) is 74.8 Å². The van der Waals surface area contributed by atoms with Crippen LogP contribution >= 0.6 is 0 Å². The molecule has 4 aromatic rings. The molecule has 2 amide bonds. The van der Waals surface area contributed by atoms with Gasteiger partial charge in [0.25, 0.3) is 5.91 Å².